The third-order valence-corrected chi connectivity index (χ3v) is 4.41. The van der Waals surface area contributed by atoms with E-state index >= 15 is 0 Å². The Morgan fingerprint density at radius 1 is 1.12 bits per heavy atom. The summed E-state index contributed by atoms with van der Waals surface area (Å²) in [5.74, 6) is -3.98. The Kier molecular flexibility index (Phi) is 10.8. The molecule has 9 N–H and O–H groups in total. The maximum absolute atomic E-state index is 12.6. The van der Waals surface area contributed by atoms with E-state index in [1.165, 1.54) is 12.5 Å². The Hall–Kier alpha value is -3.48. The Bertz CT molecular complexity index is 796. The maximum atomic E-state index is 12.6. The molecule has 13 nitrogen and oxygen atoms in total. The zero-order valence-electron chi connectivity index (χ0n) is 18.1. The number of aromatic amines is 1. The summed E-state index contributed by atoms with van der Waals surface area (Å²) in [5, 5.41) is 16.4. The fourth-order valence-corrected chi connectivity index (χ4v) is 2.79. The molecule has 0 aromatic carbocycles. The molecule has 0 aliphatic heterocycles. The van der Waals surface area contributed by atoms with Crippen molar-refractivity contribution in [1.82, 2.24) is 25.9 Å². The van der Waals surface area contributed by atoms with Crippen molar-refractivity contribution >= 4 is 29.6 Å². The number of carboxylic acid groups (broad SMARTS) is 1. The van der Waals surface area contributed by atoms with Gasteiger partial charge in [-0.05, 0) is 18.8 Å². The number of carbonyl (C=O) groups excluding carboxylic acids is 4. The second-order valence-corrected chi connectivity index (χ2v) is 7.76. The molecule has 0 aliphatic carbocycles. The molecular formula is C19H31N7O6. The highest BCUT2D eigenvalue weighted by Gasteiger charge is 2.27. The van der Waals surface area contributed by atoms with E-state index in [1.54, 1.807) is 13.8 Å². The minimum Gasteiger partial charge on any atom is -0.480 e. The zero-order valence-corrected chi connectivity index (χ0v) is 18.1. The number of imidazole rings is 1. The number of aliphatic carboxylic acids is 1. The van der Waals surface area contributed by atoms with E-state index in [0.29, 0.717) is 5.69 Å². The third kappa shape index (κ3) is 10.0. The highest BCUT2D eigenvalue weighted by molar-refractivity contribution is 5.92. The van der Waals surface area contributed by atoms with Crippen molar-refractivity contribution in [3.63, 3.8) is 0 Å². The van der Waals surface area contributed by atoms with Crippen LogP contribution >= 0.6 is 0 Å². The highest BCUT2D eigenvalue weighted by atomic mass is 16.4. The first kappa shape index (κ1) is 26.6. The van der Waals surface area contributed by atoms with Crippen LogP contribution in [0.4, 0.5) is 0 Å². The van der Waals surface area contributed by atoms with E-state index in [9.17, 15) is 29.1 Å². The van der Waals surface area contributed by atoms with Crippen molar-refractivity contribution in [2.75, 3.05) is 6.54 Å². The van der Waals surface area contributed by atoms with Crippen LogP contribution in [0.5, 0.6) is 0 Å². The third-order valence-electron chi connectivity index (χ3n) is 4.41. The molecule has 3 unspecified atom stereocenters. The van der Waals surface area contributed by atoms with E-state index in [-0.39, 0.29) is 31.6 Å². The lowest BCUT2D eigenvalue weighted by atomic mass is 10.0. The first-order valence-corrected chi connectivity index (χ1v) is 10.1. The number of carboxylic acids is 1. The predicted molar refractivity (Wildman–Crippen MR) is 113 cm³/mol. The van der Waals surface area contributed by atoms with Gasteiger partial charge in [0, 0.05) is 24.7 Å². The van der Waals surface area contributed by atoms with E-state index in [4.69, 9.17) is 11.5 Å². The molecule has 1 rings (SSSR count). The van der Waals surface area contributed by atoms with Crippen LogP contribution in [0.1, 0.15) is 38.8 Å². The number of hydrogen-bond acceptors (Lipinski definition) is 7. The summed E-state index contributed by atoms with van der Waals surface area (Å²) in [6.45, 7) is 3.13. The van der Waals surface area contributed by atoms with Crippen molar-refractivity contribution < 1.29 is 29.1 Å². The fourth-order valence-electron chi connectivity index (χ4n) is 2.79. The van der Waals surface area contributed by atoms with Gasteiger partial charge in [-0.3, -0.25) is 19.2 Å². The lowest BCUT2D eigenvalue weighted by Gasteiger charge is -2.22. The summed E-state index contributed by atoms with van der Waals surface area (Å²) < 4.78 is 0. The van der Waals surface area contributed by atoms with Crippen molar-refractivity contribution in [3.8, 4) is 0 Å². The second-order valence-electron chi connectivity index (χ2n) is 7.76. The largest absolute Gasteiger partial charge is 0.480 e. The first-order chi connectivity index (χ1) is 15.0. The molecule has 4 amide bonds. The number of H-pyrrole nitrogens is 1. The van der Waals surface area contributed by atoms with Gasteiger partial charge in [-0.2, -0.15) is 0 Å². The molecule has 0 aliphatic rings. The minimum absolute atomic E-state index is 0.00348. The number of hydrogen-bond donors (Lipinski definition) is 7. The Labute approximate surface area is 185 Å². The number of rotatable bonds is 14. The van der Waals surface area contributed by atoms with Crippen LogP contribution in [0, 0.1) is 5.92 Å². The molecule has 1 heterocycles. The van der Waals surface area contributed by atoms with Crippen LogP contribution in [0.3, 0.4) is 0 Å². The van der Waals surface area contributed by atoms with Crippen LogP contribution in [0.25, 0.3) is 0 Å². The Balaban J connectivity index is 2.66. The van der Waals surface area contributed by atoms with Crippen LogP contribution < -0.4 is 27.4 Å². The quantitative estimate of drug-likeness (QED) is 0.163. The van der Waals surface area contributed by atoms with Gasteiger partial charge in [-0.25, -0.2) is 9.78 Å². The monoisotopic (exact) mass is 453 g/mol. The number of nitrogens with one attached hydrogen (secondary N) is 4. The molecule has 13 heteroatoms. The van der Waals surface area contributed by atoms with Gasteiger partial charge in [0.25, 0.3) is 0 Å². The molecule has 0 radical (unpaired) electrons. The van der Waals surface area contributed by atoms with Gasteiger partial charge in [0.2, 0.25) is 23.6 Å². The van der Waals surface area contributed by atoms with Gasteiger partial charge in [0.05, 0.1) is 18.9 Å². The molecule has 0 bridgehead atoms. The normalized spacial score (nSPS) is 13.6. The van der Waals surface area contributed by atoms with Crippen LogP contribution in [-0.2, 0) is 30.4 Å². The molecule has 32 heavy (non-hydrogen) atoms. The van der Waals surface area contributed by atoms with Gasteiger partial charge in [0.1, 0.15) is 12.1 Å². The molecule has 0 spiro atoms. The number of nitrogens with zero attached hydrogens (tertiary/aromatic N) is 1. The summed E-state index contributed by atoms with van der Waals surface area (Å²) in [4.78, 5) is 66.0. The molecule has 3 atom stereocenters. The minimum atomic E-state index is -1.22. The molecule has 1 aromatic rings. The van der Waals surface area contributed by atoms with Gasteiger partial charge in [-0.15, -0.1) is 0 Å². The number of nitrogens with two attached hydrogens (primary N) is 2. The van der Waals surface area contributed by atoms with E-state index in [2.05, 4.69) is 25.9 Å². The predicted octanol–water partition coefficient (Wildman–Crippen LogP) is -2.24. The SMILES string of the molecule is CC(C)CC(NC(=O)C(CCC(N)=O)NC(=O)CNC(=O)C(N)Cc1cnc[nH]1)C(=O)O. The lowest BCUT2D eigenvalue weighted by molar-refractivity contribution is -0.142. The van der Waals surface area contributed by atoms with Crippen LogP contribution in [-0.4, -0.2) is 69.3 Å². The second kappa shape index (κ2) is 13.0. The maximum Gasteiger partial charge on any atom is 0.326 e. The average molecular weight is 454 g/mol. The first-order valence-electron chi connectivity index (χ1n) is 10.1. The van der Waals surface area contributed by atoms with Crippen LogP contribution in [0.15, 0.2) is 12.5 Å². The zero-order chi connectivity index (χ0) is 24.3. The van der Waals surface area contributed by atoms with Gasteiger partial charge in [0.15, 0.2) is 0 Å². The van der Waals surface area contributed by atoms with Crippen molar-refractivity contribution in [2.45, 2.75) is 57.7 Å². The van der Waals surface area contributed by atoms with Crippen molar-refractivity contribution in [2.24, 2.45) is 17.4 Å². The number of carbonyl (C=O) groups is 5. The molecular weight excluding hydrogens is 422 g/mol. The molecule has 178 valence electrons. The summed E-state index contributed by atoms with van der Waals surface area (Å²) >= 11 is 0. The highest BCUT2D eigenvalue weighted by Crippen LogP contribution is 2.06. The summed E-state index contributed by atoms with van der Waals surface area (Å²) in [6.07, 6.45) is 2.99. The summed E-state index contributed by atoms with van der Waals surface area (Å²) in [7, 11) is 0. The van der Waals surface area contributed by atoms with Gasteiger partial charge >= 0.3 is 5.97 Å². The summed E-state index contributed by atoms with van der Waals surface area (Å²) in [5.41, 5.74) is 11.6. The smallest absolute Gasteiger partial charge is 0.326 e. The van der Waals surface area contributed by atoms with E-state index in [1.807, 2.05) is 0 Å². The number of amides is 4. The number of aromatic nitrogens is 2. The Morgan fingerprint density at radius 3 is 2.34 bits per heavy atom. The Morgan fingerprint density at radius 2 is 1.81 bits per heavy atom. The summed E-state index contributed by atoms with van der Waals surface area (Å²) in [6, 6.07) is -3.29. The standard InChI is InChI=1S/C19H31N7O6/c1-10(2)5-14(19(31)32)26-18(30)13(3-4-15(21)27)25-16(28)8-23-17(29)12(20)6-11-7-22-9-24-11/h7,9-10,12-14H,3-6,8,20H2,1-2H3,(H2,21,27)(H,22,24)(H,23,29)(H,25,28)(H,26,30)(H,31,32). The van der Waals surface area contributed by atoms with E-state index < -0.39 is 54.3 Å². The fraction of sp³-hybridized carbons (Fsp3) is 0.579. The van der Waals surface area contributed by atoms with Gasteiger partial charge in [-0.1, -0.05) is 13.8 Å². The van der Waals surface area contributed by atoms with Crippen molar-refractivity contribution in [1.29, 1.82) is 0 Å². The number of primary amides is 1. The van der Waals surface area contributed by atoms with Crippen LogP contribution in [0.2, 0.25) is 0 Å². The molecule has 1 aromatic heterocycles. The molecule has 0 fully saturated rings. The average Bonchev–Trinajstić information content (AvgIpc) is 3.20. The topological polar surface area (TPSA) is 222 Å². The van der Waals surface area contributed by atoms with Crippen molar-refractivity contribution in [3.05, 3.63) is 18.2 Å². The van der Waals surface area contributed by atoms with E-state index in [0.717, 1.165) is 0 Å². The molecule has 0 saturated heterocycles. The van der Waals surface area contributed by atoms with Gasteiger partial charge < -0.3 is 37.5 Å². The lowest BCUT2D eigenvalue weighted by Crippen LogP contribution is -2.54. The molecule has 0 saturated carbocycles.